The Hall–Kier alpha value is -1.93. The van der Waals surface area contributed by atoms with Crippen molar-refractivity contribution in [2.75, 3.05) is 39.5 Å². The van der Waals surface area contributed by atoms with Crippen molar-refractivity contribution in [1.29, 1.82) is 0 Å². The normalized spacial score (nSPS) is 21.0. The Morgan fingerprint density at radius 2 is 1.83 bits per heavy atom. The molecule has 4 rings (SSSR count). The Morgan fingerprint density at radius 3 is 2.57 bits per heavy atom. The Labute approximate surface area is 179 Å². The number of rotatable bonds is 7. The van der Waals surface area contributed by atoms with Crippen molar-refractivity contribution < 1.29 is 17.9 Å². The van der Waals surface area contributed by atoms with E-state index in [1.807, 2.05) is 37.3 Å². The van der Waals surface area contributed by atoms with Crippen LogP contribution in [0, 0.1) is 0 Å². The van der Waals surface area contributed by atoms with Crippen LogP contribution in [-0.2, 0) is 21.3 Å². The molecule has 2 aliphatic rings. The summed E-state index contributed by atoms with van der Waals surface area (Å²) in [5, 5.41) is 0. The van der Waals surface area contributed by atoms with Crippen molar-refractivity contribution in [3.05, 3.63) is 59.7 Å². The second kappa shape index (κ2) is 9.47. The highest BCUT2D eigenvalue weighted by molar-refractivity contribution is 7.89. The van der Waals surface area contributed by atoms with Crippen LogP contribution in [0.5, 0.6) is 5.75 Å². The number of likely N-dealkylation sites (tertiary alicyclic amines) is 1. The van der Waals surface area contributed by atoms with Gasteiger partial charge in [0.1, 0.15) is 5.75 Å². The van der Waals surface area contributed by atoms with Gasteiger partial charge in [0.25, 0.3) is 0 Å². The van der Waals surface area contributed by atoms with E-state index < -0.39 is 10.0 Å². The zero-order valence-electron chi connectivity index (χ0n) is 17.5. The molecule has 2 aliphatic heterocycles. The molecule has 30 heavy (non-hydrogen) atoms. The Kier molecular flexibility index (Phi) is 6.73. The van der Waals surface area contributed by atoms with Gasteiger partial charge in [0.05, 0.1) is 24.7 Å². The Balaban J connectivity index is 1.49. The van der Waals surface area contributed by atoms with E-state index in [1.54, 1.807) is 6.07 Å². The fourth-order valence-corrected chi connectivity index (χ4v) is 5.80. The van der Waals surface area contributed by atoms with Gasteiger partial charge in [-0.15, -0.1) is 0 Å². The van der Waals surface area contributed by atoms with Crippen LogP contribution in [-0.4, -0.2) is 57.1 Å². The zero-order valence-corrected chi connectivity index (χ0v) is 18.3. The smallest absolute Gasteiger partial charge is 0.243 e. The molecule has 6 nitrogen and oxygen atoms in total. The topological polar surface area (TPSA) is 59.1 Å². The van der Waals surface area contributed by atoms with Crippen molar-refractivity contribution in [1.82, 2.24) is 9.21 Å². The summed E-state index contributed by atoms with van der Waals surface area (Å²) in [5.74, 6) is 0.895. The first kappa shape index (κ1) is 21.3. The highest BCUT2D eigenvalue weighted by Gasteiger charge is 2.28. The maximum absolute atomic E-state index is 13.0. The van der Waals surface area contributed by atoms with E-state index in [1.165, 1.54) is 9.87 Å². The van der Waals surface area contributed by atoms with E-state index in [-0.39, 0.29) is 0 Å². The highest BCUT2D eigenvalue weighted by atomic mass is 32.2. The lowest BCUT2D eigenvalue weighted by molar-refractivity contribution is 0.0730. The molecule has 0 bridgehead atoms. The van der Waals surface area contributed by atoms with Gasteiger partial charge in [-0.1, -0.05) is 24.3 Å². The van der Waals surface area contributed by atoms with Gasteiger partial charge in [0.2, 0.25) is 10.0 Å². The fourth-order valence-electron chi connectivity index (χ4n) is 4.32. The zero-order chi connectivity index (χ0) is 21.0. The average Bonchev–Trinajstić information content (AvgIpc) is 3.23. The lowest BCUT2D eigenvalue weighted by Gasteiger charge is -2.27. The third-order valence-corrected chi connectivity index (χ3v) is 7.73. The lowest BCUT2D eigenvalue weighted by Crippen LogP contribution is -2.40. The van der Waals surface area contributed by atoms with Crippen LogP contribution >= 0.6 is 0 Å². The van der Waals surface area contributed by atoms with Crippen LogP contribution < -0.4 is 4.74 Å². The molecular weight excluding hydrogens is 400 g/mol. The van der Waals surface area contributed by atoms with Gasteiger partial charge in [-0.2, -0.15) is 4.31 Å². The lowest BCUT2D eigenvalue weighted by atomic mass is 10.0. The SMILES string of the molecule is CCOc1ccc(C2CCCN2Cc2cccc(S(=O)(=O)N3CCOCC3)c2)cc1. The molecule has 162 valence electrons. The summed E-state index contributed by atoms with van der Waals surface area (Å²) in [4.78, 5) is 2.81. The molecule has 1 atom stereocenters. The summed E-state index contributed by atoms with van der Waals surface area (Å²) in [6, 6.07) is 16.1. The van der Waals surface area contributed by atoms with E-state index in [0.29, 0.717) is 43.8 Å². The Morgan fingerprint density at radius 1 is 1.07 bits per heavy atom. The predicted octanol–water partition coefficient (Wildman–Crippen LogP) is 3.44. The van der Waals surface area contributed by atoms with E-state index in [0.717, 1.165) is 37.2 Å². The molecule has 2 heterocycles. The van der Waals surface area contributed by atoms with Gasteiger partial charge in [-0.05, 0) is 61.7 Å². The van der Waals surface area contributed by atoms with Crippen molar-refractivity contribution in [3.63, 3.8) is 0 Å². The second-order valence-electron chi connectivity index (χ2n) is 7.79. The first-order valence-electron chi connectivity index (χ1n) is 10.7. The van der Waals surface area contributed by atoms with Crippen LogP contribution in [0.15, 0.2) is 53.4 Å². The largest absolute Gasteiger partial charge is 0.494 e. The molecule has 0 radical (unpaired) electrons. The first-order chi connectivity index (χ1) is 14.6. The summed E-state index contributed by atoms with van der Waals surface area (Å²) in [7, 11) is -3.47. The number of hydrogen-bond acceptors (Lipinski definition) is 5. The molecule has 0 aromatic heterocycles. The van der Waals surface area contributed by atoms with Crippen molar-refractivity contribution in [2.24, 2.45) is 0 Å². The summed E-state index contributed by atoms with van der Waals surface area (Å²) >= 11 is 0. The molecule has 2 aromatic rings. The van der Waals surface area contributed by atoms with E-state index >= 15 is 0 Å². The molecule has 7 heteroatoms. The van der Waals surface area contributed by atoms with Gasteiger partial charge in [-0.3, -0.25) is 4.90 Å². The molecule has 1 unspecified atom stereocenters. The number of benzene rings is 2. The van der Waals surface area contributed by atoms with Crippen molar-refractivity contribution in [2.45, 2.75) is 37.2 Å². The minimum Gasteiger partial charge on any atom is -0.494 e. The van der Waals surface area contributed by atoms with Gasteiger partial charge in [-0.25, -0.2) is 8.42 Å². The van der Waals surface area contributed by atoms with Gasteiger partial charge >= 0.3 is 0 Å². The highest BCUT2D eigenvalue weighted by Crippen LogP contribution is 2.34. The van der Waals surface area contributed by atoms with Gasteiger partial charge in [0.15, 0.2) is 0 Å². The van der Waals surface area contributed by atoms with Crippen LogP contribution in [0.25, 0.3) is 0 Å². The third kappa shape index (κ3) is 4.70. The molecule has 0 saturated carbocycles. The summed E-state index contributed by atoms with van der Waals surface area (Å²) in [6.07, 6.45) is 2.25. The minimum atomic E-state index is -3.47. The van der Waals surface area contributed by atoms with Crippen LogP contribution in [0.4, 0.5) is 0 Å². The van der Waals surface area contributed by atoms with E-state index in [4.69, 9.17) is 9.47 Å². The molecule has 0 amide bonds. The van der Waals surface area contributed by atoms with E-state index in [2.05, 4.69) is 17.0 Å². The number of ether oxygens (including phenoxy) is 2. The molecule has 0 aliphatic carbocycles. The molecule has 0 N–H and O–H groups in total. The van der Waals surface area contributed by atoms with Crippen LogP contribution in [0.2, 0.25) is 0 Å². The number of hydrogen-bond donors (Lipinski definition) is 0. The van der Waals surface area contributed by atoms with E-state index in [9.17, 15) is 8.42 Å². The summed E-state index contributed by atoms with van der Waals surface area (Å²) in [6.45, 7) is 6.14. The van der Waals surface area contributed by atoms with Gasteiger partial charge in [0, 0.05) is 25.7 Å². The number of sulfonamides is 1. The first-order valence-corrected chi connectivity index (χ1v) is 12.2. The molecule has 0 spiro atoms. The second-order valence-corrected chi connectivity index (χ2v) is 9.73. The van der Waals surface area contributed by atoms with Crippen LogP contribution in [0.1, 0.15) is 36.9 Å². The van der Waals surface area contributed by atoms with Gasteiger partial charge < -0.3 is 9.47 Å². The van der Waals surface area contributed by atoms with Crippen molar-refractivity contribution >= 4 is 10.0 Å². The number of morpholine rings is 1. The quantitative estimate of drug-likeness (QED) is 0.673. The summed E-state index contributed by atoms with van der Waals surface area (Å²) in [5.41, 5.74) is 2.32. The summed E-state index contributed by atoms with van der Waals surface area (Å²) < 4.78 is 38.4. The average molecular weight is 431 g/mol. The fraction of sp³-hybridized carbons (Fsp3) is 0.478. The molecular formula is C23H30N2O4S. The maximum Gasteiger partial charge on any atom is 0.243 e. The third-order valence-electron chi connectivity index (χ3n) is 5.83. The number of nitrogens with zero attached hydrogens (tertiary/aromatic N) is 2. The predicted molar refractivity (Wildman–Crippen MR) is 116 cm³/mol. The van der Waals surface area contributed by atoms with Crippen LogP contribution in [0.3, 0.4) is 0 Å². The Bertz CT molecular complexity index is 940. The molecule has 2 saturated heterocycles. The monoisotopic (exact) mass is 430 g/mol. The molecule has 2 fully saturated rings. The maximum atomic E-state index is 13.0. The van der Waals surface area contributed by atoms with Crippen molar-refractivity contribution in [3.8, 4) is 5.75 Å². The standard InChI is InChI=1S/C23H30N2O4S/c1-2-29-21-10-8-20(9-11-21)23-7-4-12-24(23)18-19-5-3-6-22(17-19)30(26,27)25-13-15-28-16-14-25/h3,5-6,8-11,17,23H,2,4,7,12-16,18H2,1H3. The molecule has 2 aromatic carbocycles. The minimum absolute atomic E-state index is 0.347.